The van der Waals surface area contributed by atoms with Gasteiger partial charge in [0.15, 0.2) is 0 Å². The molecular formula is C8H17N3O2. The number of nitrogens with one attached hydrogen (secondary N) is 2. The number of hydroxylamine groups is 1. The first-order chi connectivity index (χ1) is 6.22. The minimum Gasteiger partial charge on any atom is -0.330 e. The van der Waals surface area contributed by atoms with Crippen LogP contribution in [0.3, 0.4) is 0 Å². The van der Waals surface area contributed by atoms with Crippen molar-refractivity contribution in [1.29, 1.82) is 0 Å². The average Bonchev–Trinajstić information content (AvgIpc) is 2.19. The number of rotatable bonds is 3. The highest BCUT2D eigenvalue weighted by Crippen LogP contribution is 2.31. The number of hydrogen-bond donors (Lipinski definition) is 4. The molecule has 0 aromatic rings. The van der Waals surface area contributed by atoms with E-state index in [9.17, 15) is 4.79 Å². The predicted octanol–water partition coefficient (Wildman–Crippen LogP) is -0.790. The maximum atomic E-state index is 11.0. The van der Waals surface area contributed by atoms with Crippen LogP contribution >= 0.6 is 0 Å². The van der Waals surface area contributed by atoms with Crippen LogP contribution in [0.5, 0.6) is 0 Å². The number of hydrogen-bond acceptors (Lipinski definition) is 4. The summed E-state index contributed by atoms with van der Waals surface area (Å²) in [6.07, 6.45) is 2.12. The van der Waals surface area contributed by atoms with E-state index in [2.05, 4.69) is 5.32 Å². The number of carbonyl (C=O) groups is 1. The third kappa shape index (κ3) is 2.65. The van der Waals surface area contributed by atoms with Crippen molar-refractivity contribution in [2.75, 3.05) is 19.6 Å². The first-order valence-electron chi connectivity index (χ1n) is 4.56. The van der Waals surface area contributed by atoms with Gasteiger partial charge in [-0.25, -0.2) is 5.48 Å². The van der Waals surface area contributed by atoms with Crippen LogP contribution in [0.4, 0.5) is 0 Å². The summed E-state index contributed by atoms with van der Waals surface area (Å²) in [4.78, 5) is 11.0. The molecule has 1 heterocycles. The van der Waals surface area contributed by atoms with Gasteiger partial charge < -0.3 is 11.1 Å². The zero-order chi connectivity index (χ0) is 9.73. The van der Waals surface area contributed by atoms with E-state index in [0.717, 1.165) is 25.9 Å². The van der Waals surface area contributed by atoms with E-state index in [0.29, 0.717) is 13.0 Å². The molecule has 0 unspecified atom stereocenters. The molecule has 0 saturated carbocycles. The van der Waals surface area contributed by atoms with Gasteiger partial charge in [-0.2, -0.15) is 0 Å². The summed E-state index contributed by atoms with van der Waals surface area (Å²) in [6, 6.07) is 0. The molecule has 1 rings (SSSR count). The Morgan fingerprint density at radius 2 is 2.15 bits per heavy atom. The molecule has 0 aliphatic carbocycles. The first-order valence-corrected chi connectivity index (χ1v) is 4.56. The third-order valence-electron chi connectivity index (χ3n) is 2.76. The maximum Gasteiger partial charge on any atom is 0.243 e. The Bertz CT molecular complexity index is 178. The van der Waals surface area contributed by atoms with Crippen molar-refractivity contribution >= 4 is 5.91 Å². The minimum absolute atomic E-state index is 0.113. The standard InChI is InChI=1S/C8H17N3O2/c9-6-8(5-7(12)11-13)1-3-10-4-2-8/h10,13H,1-6,9H2,(H,11,12). The van der Waals surface area contributed by atoms with Crippen LogP contribution in [-0.4, -0.2) is 30.7 Å². The van der Waals surface area contributed by atoms with Crippen LogP contribution in [0.25, 0.3) is 0 Å². The lowest BCUT2D eigenvalue weighted by molar-refractivity contribution is -0.132. The SMILES string of the molecule is NCC1(CC(=O)NO)CCNCC1. The summed E-state index contributed by atoms with van der Waals surface area (Å²) in [7, 11) is 0. The number of piperidine rings is 1. The summed E-state index contributed by atoms with van der Waals surface area (Å²) in [5.41, 5.74) is 7.20. The average molecular weight is 187 g/mol. The molecule has 0 atom stereocenters. The van der Waals surface area contributed by atoms with Crippen molar-refractivity contribution in [2.45, 2.75) is 19.3 Å². The predicted molar refractivity (Wildman–Crippen MR) is 48.1 cm³/mol. The highest BCUT2D eigenvalue weighted by Gasteiger charge is 2.32. The summed E-state index contributed by atoms with van der Waals surface area (Å²) in [5.74, 6) is -0.340. The van der Waals surface area contributed by atoms with Gasteiger partial charge in [-0.1, -0.05) is 0 Å². The van der Waals surface area contributed by atoms with Gasteiger partial charge in [0.05, 0.1) is 0 Å². The van der Waals surface area contributed by atoms with Crippen molar-refractivity contribution in [1.82, 2.24) is 10.8 Å². The van der Waals surface area contributed by atoms with Gasteiger partial charge in [0.2, 0.25) is 5.91 Å². The second-order valence-corrected chi connectivity index (χ2v) is 3.67. The van der Waals surface area contributed by atoms with Crippen LogP contribution in [0, 0.1) is 5.41 Å². The molecule has 0 radical (unpaired) electrons. The van der Waals surface area contributed by atoms with Crippen LogP contribution in [0.2, 0.25) is 0 Å². The van der Waals surface area contributed by atoms with Crippen molar-refractivity contribution in [3.8, 4) is 0 Å². The monoisotopic (exact) mass is 187 g/mol. The fraction of sp³-hybridized carbons (Fsp3) is 0.875. The summed E-state index contributed by atoms with van der Waals surface area (Å²) in [5, 5.41) is 11.6. The highest BCUT2D eigenvalue weighted by atomic mass is 16.5. The largest absolute Gasteiger partial charge is 0.330 e. The summed E-state index contributed by atoms with van der Waals surface area (Å²) in [6.45, 7) is 2.30. The molecule has 0 aromatic carbocycles. The van der Waals surface area contributed by atoms with E-state index >= 15 is 0 Å². The number of amides is 1. The second-order valence-electron chi connectivity index (χ2n) is 3.67. The third-order valence-corrected chi connectivity index (χ3v) is 2.76. The Hall–Kier alpha value is -0.650. The lowest BCUT2D eigenvalue weighted by atomic mass is 9.76. The van der Waals surface area contributed by atoms with Gasteiger partial charge in [-0.05, 0) is 37.9 Å². The summed E-state index contributed by atoms with van der Waals surface area (Å²) < 4.78 is 0. The van der Waals surface area contributed by atoms with E-state index < -0.39 is 0 Å². The van der Waals surface area contributed by atoms with E-state index in [1.54, 1.807) is 5.48 Å². The lowest BCUT2D eigenvalue weighted by Gasteiger charge is -2.35. The van der Waals surface area contributed by atoms with Crippen LogP contribution in [0.1, 0.15) is 19.3 Å². The molecular weight excluding hydrogens is 170 g/mol. The van der Waals surface area contributed by atoms with Crippen LogP contribution in [0.15, 0.2) is 0 Å². The van der Waals surface area contributed by atoms with E-state index in [1.165, 1.54) is 0 Å². The van der Waals surface area contributed by atoms with Gasteiger partial charge >= 0.3 is 0 Å². The zero-order valence-electron chi connectivity index (χ0n) is 7.68. The van der Waals surface area contributed by atoms with Gasteiger partial charge in [-0.3, -0.25) is 10.0 Å². The summed E-state index contributed by atoms with van der Waals surface area (Å²) >= 11 is 0. The molecule has 0 spiro atoms. The highest BCUT2D eigenvalue weighted by molar-refractivity contribution is 5.75. The van der Waals surface area contributed by atoms with Gasteiger partial charge in [0.25, 0.3) is 0 Å². The Kier molecular flexibility index (Phi) is 3.65. The smallest absolute Gasteiger partial charge is 0.243 e. The maximum absolute atomic E-state index is 11.0. The van der Waals surface area contributed by atoms with Gasteiger partial charge in [0.1, 0.15) is 0 Å². The Balaban J connectivity index is 2.52. The molecule has 0 bridgehead atoms. The molecule has 5 N–H and O–H groups in total. The minimum atomic E-state index is -0.340. The van der Waals surface area contributed by atoms with Crippen molar-refractivity contribution < 1.29 is 10.0 Å². The Morgan fingerprint density at radius 1 is 1.54 bits per heavy atom. The molecule has 1 aliphatic heterocycles. The first kappa shape index (κ1) is 10.4. The molecule has 5 heteroatoms. The molecule has 1 fully saturated rings. The van der Waals surface area contributed by atoms with Crippen LogP contribution < -0.4 is 16.5 Å². The van der Waals surface area contributed by atoms with Gasteiger partial charge in [0, 0.05) is 6.42 Å². The number of carbonyl (C=O) groups excluding carboxylic acids is 1. The molecule has 1 saturated heterocycles. The zero-order valence-corrected chi connectivity index (χ0v) is 7.68. The van der Waals surface area contributed by atoms with Crippen LogP contribution in [-0.2, 0) is 4.79 Å². The molecule has 1 aliphatic rings. The molecule has 5 nitrogen and oxygen atoms in total. The quantitative estimate of drug-likeness (QED) is 0.344. The Labute approximate surface area is 77.6 Å². The normalized spacial score (nSPS) is 21.1. The topological polar surface area (TPSA) is 87.4 Å². The molecule has 76 valence electrons. The van der Waals surface area contributed by atoms with Crippen molar-refractivity contribution in [3.05, 3.63) is 0 Å². The fourth-order valence-corrected chi connectivity index (χ4v) is 1.79. The lowest BCUT2D eigenvalue weighted by Crippen LogP contribution is -2.44. The van der Waals surface area contributed by atoms with E-state index in [1.807, 2.05) is 0 Å². The molecule has 1 amide bonds. The van der Waals surface area contributed by atoms with E-state index in [4.69, 9.17) is 10.9 Å². The van der Waals surface area contributed by atoms with Crippen molar-refractivity contribution in [3.63, 3.8) is 0 Å². The molecule has 0 aromatic heterocycles. The second kappa shape index (κ2) is 4.55. The fourth-order valence-electron chi connectivity index (χ4n) is 1.79. The molecule has 13 heavy (non-hydrogen) atoms. The van der Waals surface area contributed by atoms with E-state index in [-0.39, 0.29) is 11.3 Å². The Morgan fingerprint density at radius 3 is 2.62 bits per heavy atom. The number of nitrogens with two attached hydrogens (primary N) is 1. The van der Waals surface area contributed by atoms with Gasteiger partial charge in [-0.15, -0.1) is 0 Å². The van der Waals surface area contributed by atoms with Crippen molar-refractivity contribution in [2.24, 2.45) is 11.1 Å².